The Morgan fingerprint density at radius 3 is 2.38 bits per heavy atom. The van der Waals surface area contributed by atoms with Gasteiger partial charge >= 0.3 is 5.97 Å². The first-order valence-corrected chi connectivity index (χ1v) is 13.1. The molecule has 2 N–H and O–H groups in total. The van der Waals surface area contributed by atoms with Crippen molar-refractivity contribution in [3.8, 4) is 0 Å². The fraction of sp³-hybridized carbons (Fsp3) is 0.172. The summed E-state index contributed by atoms with van der Waals surface area (Å²) in [7, 11) is -0.781. The predicted molar refractivity (Wildman–Crippen MR) is 148 cm³/mol. The first-order valence-electron chi connectivity index (χ1n) is 11.9. The van der Waals surface area contributed by atoms with Crippen molar-refractivity contribution in [3.05, 3.63) is 95.1 Å². The fourth-order valence-corrected chi connectivity index (χ4v) is 5.20. The van der Waals surface area contributed by atoms with Crippen LogP contribution in [0.1, 0.15) is 40.4 Å². The lowest BCUT2D eigenvalue weighted by molar-refractivity contribution is -0.139. The number of para-hydroxylation sites is 1. The number of benzene rings is 3. The molecule has 1 unspecified atom stereocenters. The van der Waals surface area contributed by atoms with Crippen molar-refractivity contribution in [2.45, 2.75) is 24.8 Å². The summed E-state index contributed by atoms with van der Waals surface area (Å²) >= 11 is 0. The molecule has 1 aliphatic heterocycles. The summed E-state index contributed by atoms with van der Waals surface area (Å²) in [5.41, 5.74) is 4.38. The molecule has 1 aliphatic rings. The van der Waals surface area contributed by atoms with E-state index in [0.717, 1.165) is 27.3 Å². The van der Waals surface area contributed by atoms with Gasteiger partial charge in [-0.25, -0.2) is 4.79 Å². The maximum absolute atomic E-state index is 13.3. The van der Waals surface area contributed by atoms with Crippen LogP contribution in [-0.4, -0.2) is 41.4 Å². The Morgan fingerprint density at radius 2 is 1.65 bits per heavy atom. The number of rotatable bonds is 8. The zero-order valence-corrected chi connectivity index (χ0v) is 21.2. The lowest BCUT2D eigenvalue weighted by atomic mass is 10.0. The van der Waals surface area contributed by atoms with E-state index in [9.17, 15) is 14.4 Å². The second-order valence-electron chi connectivity index (χ2n) is 8.29. The molecule has 0 saturated heterocycles. The first kappa shape index (κ1) is 26.1. The zero-order valence-electron chi connectivity index (χ0n) is 20.4. The highest BCUT2D eigenvalue weighted by Crippen LogP contribution is 2.29. The number of nitrogens with one attached hydrogen (secondary N) is 1. The summed E-state index contributed by atoms with van der Waals surface area (Å²) in [5.74, 6) is -1.40. The van der Waals surface area contributed by atoms with Gasteiger partial charge in [0.2, 0.25) is 5.91 Å². The number of carbonyl (C=O) groups excluding carboxylic acids is 2. The normalized spacial score (nSPS) is 13.2. The van der Waals surface area contributed by atoms with Gasteiger partial charge in [0.15, 0.2) is 6.61 Å². The van der Waals surface area contributed by atoms with Gasteiger partial charge in [-0.05, 0) is 70.1 Å². The maximum atomic E-state index is 13.3. The van der Waals surface area contributed by atoms with Crippen molar-refractivity contribution in [1.82, 2.24) is 5.32 Å². The molecular weight excluding hydrogens is 488 g/mol. The molecule has 37 heavy (non-hydrogen) atoms. The van der Waals surface area contributed by atoms with Crippen molar-refractivity contribution in [2.75, 3.05) is 18.1 Å². The highest BCUT2D eigenvalue weighted by molar-refractivity contribution is 8.10. The molecule has 8 heteroatoms. The van der Waals surface area contributed by atoms with Crippen LogP contribution in [0.4, 0.5) is 5.69 Å². The summed E-state index contributed by atoms with van der Waals surface area (Å²) in [4.78, 5) is 39.3. The Kier molecular flexibility index (Phi) is 8.66. The van der Waals surface area contributed by atoms with E-state index in [2.05, 4.69) is 11.4 Å². The van der Waals surface area contributed by atoms with Gasteiger partial charge in [-0.15, -0.1) is 0 Å². The van der Waals surface area contributed by atoms with E-state index in [1.165, 1.54) is 0 Å². The number of hydrogen-bond donors (Lipinski definition) is 2. The van der Waals surface area contributed by atoms with Crippen LogP contribution in [0.15, 0.2) is 77.7 Å². The van der Waals surface area contributed by atoms with Crippen LogP contribution in [0.5, 0.6) is 0 Å². The molecule has 0 aliphatic carbocycles. The van der Waals surface area contributed by atoms with Crippen molar-refractivity contribution >= 4 is 51.8 Å². The topological polar surface area (TPSA) is 95.9 Å². The summed E-state index contributed by atoms with van der Waals surface area (Å²) in [6, 6.07) is 22.6. The van der Waals surface area contributed by atoms with E-state index in [4.69, 9.17) is 9.29 Å². The number of amides is 2. The molecule has 1 atom stereocenters. The third-order valence-corrected chi connectivity index (χ3v) is 7.39. The van der Waals surface area contributed by atoms with Gasteiger partial charge in [0.25, 0.3) is 5.91 Å². The number of carboxylic acid groups (broad SMARTS) is 1. The first-order chi connectivity index (χ1) is 18.0. The van der Waals surface area contributed by atoms with E-state index in [-0.39, 0.29) is 24.8 Å². The second kappa shape index (κ2) is 12.3. The molecule has 1 heterocycles. The Morgan fingerprint density at radius 1 is 0.973 bits per heavy atom. The van der Waals surface area contributed by atoms with E-state index in [1.54, 1.807) is 41.5 Å². The number of anilines is 1. The number of carboxylic acids is 1. The summed E-state index contributed by atoms with van der Waals surface area (Å²) in [6.07, 6.45) is 4.25. The minimum absolute atomic E-state index is 0.0775. The van der Waals surface area contributed by atoms with E-state index in [0.29, 0.717) is 12.1 Å². The zero-order chi connectivity index (χ0) is 26.2. The average Bonchev–Trinajstić information content (AvgIpc) is 2.90. The fourth-order valence-electron chi connectivity index (χ4n) is 4.02. The Labute approximate surface area is 218 Å². The molecule has 4 rings (SSSR count). The van der Waals surface area contributed by atoms with Gasteiger partial charge in [-0.2, -0.15) is 0 Å². The van der Waals surface area contributed by atoms with Crippen molar-refractivity contribution in [1.29, 1.82) is 0 Å². The van der Waals surface area contributed by atoms with Gasteiger partial charge in [0.1, 0.15) is 0 Å². The lowest BCUT2D eigenvalue weighted by Crippen LogP contribution is -2.35. The monoisotopic (exact) mass is 516 g/mol. The van der Waals surface area contributed by atoms with Gasteiger partial charge < -0.3 is 19.5 Å². The van der Waals surface area contributed by atoms with Gasteiger partial charge in [0, 0.05) is 23.4 Å². The molecular formula is C29H28N2O5S. The predicted octanol–water partition coefficient (Wildman–Crippen LogP) is 4.99. The minimum atomic E-state index is -1.04. The highest BCUT2D eigenvalue weighted by atomic mass is 32.2. The van der Waals surface area contributed by atoms with Crippen LogP contribution in [0.3, 0.4) is 0 Å². The van der Waals surface area contributed by atoms with Crippen molar-refractivity contribution in [2.24, 2.45) is 0 Å². The van der Waals surface area contributed by atoms with E-state index < -0.39 is 23.3 Å². The number of fused-ring (bicyclic) bond motifs is 2. The smallest absolute Gasteiger partial charge is 0.330 e. The van der Waals surface area contributed by atoms with Crippen molar-refractivity contribution < 1.29 is 23.7 Å². The maximum Gasteiger partial charge on any atom is 0.330 e. The van der Waals surface area contributed by atoms with Crippen LogP contribution in [0, 0.1) is 0 Å². The number of aliphatic carboxylic acids is 1. The molecule has 7 nitrogen and oxygen atoms in total. The summed E-state index contributed by atoms with van der Waals surface area (Å²) in [5, 5.41) is 13.4. The second-order valence-corrected chi connectivity index (χ2v) is 10.1. The summed E-state index contributed by atoms with van der Waals surface area (Å²) < 4.78 is 5.38. The molecule has 0 radical (unpaired) electrons. The van der Waals surface area contributed by atoms with Crippen LogP contribution in [-0.2, 0) is 20.3 Å². The quantitative estimate of drug-likeness (QED) is 0.411. The third-order valence-electron chi connectivity index (χ3n) is 5.85. The Balaban J connectivity index is 1.39. The SMILES string of the molecule is C/C=S(/OCC(=O)O)c1ccc(C(=O)NCCC(=O)N2Cc3ccccc3C=Cc3ccccc32)cc1. The standard InChI is InChI=1S/C29H28N2O5S/c1-2-37(36-20-28(33)34)25-15-13-23(14-16-25)29(35)30-18-17-27(32)31-19-24-9-4-3-7-21(24)11-12-22-8-5-6-10-26(22)31/h2-16H,17-20H2,1H3,(H,30,35)(H,33,34). The van der Waals surface area contributed by atoms with Crippen LogP contribution >= 0.6 is 10.8 Å². The molecule has 0 spiro atoms. The van der Waals surface area contributed by atoms with E-state index in [1.807, 2.05) is 54.6 Å². The van der Waals surface area contributed by atoms with Crippen molar-refractivity contribution in [3.63, 3.8) is 0 Å². The Bertz CT molecular complexity index is 1360. The largest absolute Gasteiger partial charge is 0.479 e. The van der Waals surface area contributed by atoms with Gasteiger partial charge in [-0.3, -0.25) is 9.59 Å². The molecule has 0 bridgehead atoms. The van der Waals surface area contributed by atoms with Crippen LogP contribution < -0.4 is 10.2 Å². The number of hydrogen-bond acceptors (Lipinski definition) is 4. The van der Waals surface area contributed by atoms with Crippen LogP contribution in [0.2, 0.25) is 0 Å². The number of nitrogens with zero attached hydrogens (tertiary/aromatic N) is 1. The molecule has 0 fully saturated rings. The highest BCUT2D eigenvalue weighted by Gasteiger charge is 2.21. The molecule has 0 aromatic heterocycles. The number of carbonyl (C=O) groups is 3. The minimum Gasteiger partial charge on any atom is -0.479 e. The molecule has 190 valence electrons. The Hall–Kier alpha value is -4.01. The average molecular weight is 517 g/mol. The van der Waals surface area contributed by atoms with Crippen LogP contribution in [0.25, 0.3) is 12.2 Å². The molecule has 3 aromatic carbocycles. The lowest BCUT2D eigenvalue weighted by Gasteiger charge is -2.27. The van der Waals surface area contributed by atoms with E-state index >= 15 is 0 Å². The van der Waals surface area contributed by atoms with Gasteiger partial charge in [-0.1, -0.05) is 54.6 Å². The van der Waals surface area contributed by atoms with Gasteiger partial charge in [0.05, 0.1) is 12.2 Å². The summed E-state index contributed by atoms with van der Waals surface area (Å²) in [6.45, 7) is 2.05. The third kappa shape index (κ3) is 6.61. The molecule has 2 amide bonds. The molecule has 0 saturated carbocycles. The molecule has 3 aromatic rings.